The van der Waals surface area contributed by atoms with Gasteiger partial charge < -0.3 is 5.32 Å². The average Bonchev–Trinajstić information content (AvgIpc) is 2.72. The predicted molar refractivity (Wildman–Crippen MR) is 64.8 cm³/mol. The second kappa shape index (κ2) is 5.02. The molecule has 0 aromatic carbocycles. The zero-order chi connectivity index (χ0) is 11.6. The van der Waals surface area contributed by atoms with Crippen molar-refractivity contribution in [2.24, 2.45) is 5.92 Å². The van der Waals surface area contributed by atoms with Crippen LogP contribution < -0.4 is 10.0 Å². The lowest BCUT2D eigenvalue weighted by atomic mass is 10.2. The molecule has 0 aromatic heterocycles. The maximum Gasteiger partial charge on any atom is 0.213 e. The van der Waals surface area contributed by atoms with Crippen molar-refractivity contribution in [1.29, 1.82) is 0 Å². The SMILES string of the molecule is CCCC1CC1NS(=O)(=O)CC1CCCN1. The fraction of sp³-hybridized carbons (Fsp3) is 1.00. The Morgan fingerprint density at radius 1 is 1.44 bits per heavy atom. The summed E-state index contributed by atoms with van der Waals surface area (Å²) in [5.74, 6) is 0.846. The number of hydrogen-bond acceptors (Lipinski definition) is 3. The van der Waals surface area contributed by atoms with E-state index < -0.39 is 10.0 Å². The van der Waals surface area contributed by atoms with Gasteiger partial charge in [-0.3, -0.25) is 0 Å². The predicted octanol–water partition coefficient (Wildman–Crippen LogP) is 0.846. The summed E-state index contributed by atoms with van der Waals surface area (Å²) in [7, 11) is -3.07. The van der Waals surface area contributed by atoms with E-state index >= 15 is 0 Å². The Morgan fingerprint density at radius 2 is 2.25 bits per heavy atom. The van der Waals surface area contributed by atoms with Gasteiger partial charge >= 0.3 is 0 Å². The van der Waals surface area contributed by atoms with Crippen LogP contribution in [-0.4, -0.2) is 32.8 Å². The third kappa shape index (κ3) is 3.43. The lowest BCUT2D eigenvalue weighted by Gasteiger charge is -2.11. The van der Waals surface area contributed by atoms with Crippen molar-refractivity contribution in [2.45, 2.75) is 51.1 Å². The van der Waals surface area contributed by atoms with Crippen molar-refractivity contribution in [3.05, 3.63) is 0 Å². The second-order valence-electron chi connectivity index (χ2n) is 5.08. The summed E-state index contributed by atoms with van der Waals surface area (Å²) in [6.45, 7) is 3.11. The Hall–Kier alpha value is -0.130. The van der Waals surface area contributed by atoms with Crippen LogP contribution in [0.1, 0.15) is 39.0 Å². The van der Waals surface area contributed by atoms with Crippen LogP contribution >= 0.6 is 0 Å². The number of hydrogen-bond donors (Lipinski definition) is 2. The fourth-order valence-electron chi connectivity index (χ4n) is 2.52. The van der Waals surface area contributed by atoms with Crippen molar-refractivity contribution in [3.8, 4) is 0 Å². The first kappa shape index (κ1) is 12.3. The van der Waals surface area contributed by atoms with Gasteiger partial charge in [0.25, 0.3) is 0 Å². The molecule has 0 spiro atoms. The highest BCUT2D eigenvalue weighted by Crippen LogP contribution is 2.35. The van der Waals surface area contributed by atoms with Crippen molar-refractivity contribution in [1.82, 2.24) is 10.0 Å². The summed E-state index contributed by atoms with van der Waals surface area (Å²) in [5.41, 5.74) is 0. The lowest BCUT2D eigenvalue weighted by molar-refractivity contribution is 0.557. The average molecular weight is 246 g/mol. The molecule has 1 aliphatic carbocycles. The molecule has 1 saturated carbocycles. The first-order valence-corrected chi connectivity index (χ1v) is 7.99. The summed E-state index contributed by atoms with van der Waals surface area (Å²) in [5, 5.41) is 3.22. The molecule has 3 unspecified atom stereocenters. The van der Waals surface area contributed by atoms with Crippen molar-refractivity contribution in [2.75, 3.05) is 12.3 Å². The summed E-state index contributed by atoms with van der Waals surface area (Å²) < 4.78 is 26.5. The highest BCUT2D eigenvalue weighted by molar-refractivity contribution is 7.89. The zero-order valence-corrected chi connectivity index (χ0v) is 10.7. The molecule has 5 heteroatoms. The Kier molecular flexibility index (Phi) is 3.87. The van der Waals surface area contributed by atoms with Crippen molar-refractivity contribution in [3.63, 3.8) is 0 Å². The molecule has 1 aliphatic heterocycles. The third-order valence-electron chi connectivity index (χ3n) is 3.50. The molecule has 2 N–H and O–H groups in total. The van der Waals surface area contributed by atoms with Gasteiger partial charge in [-0.1, -0.05) is 13.3 Å². The smallest absolute Gasteiger partial charge is 0.213 e. The van der Waals surface area contributed by atoms with Crippen LogP contribution in [0.15, 0.2) is 0 Å². The van der Waals surface area contributed by atoms with Crippen LogP contribution in [0.2, 0.25) is 0 Å². The van der Waals surface area contributed by atoms with Gasteiger partial charge in [-0.2, -0.15) is 0 Å². The van der Waals surface area contributed by atoms with Crippen molar-refractivity contribution >= 4 is 10.0 Å². The molecule has 0 bridgehead atoms. The topological polar surface area (TPSA) is 58.2 Å². The minimum absolute atomic E-state index is 0.167. The van der Waals surface area contributed by atoms with Crippen LogP contribution in [0, 0.1) is 5.92 Å². The highest BCUT2D eigenvalue weighted by atomic mass is 32.2. The molecule has 2 aliphatic rings. The molecule has 1 heterocycles. The number of rotatable bonds is 6. The van der Waals surface area contributed by atoms with Gasteiger partial charge in [0.2, 0.25) is 10.0 Å². The zero-order valence-electron chi connectivity index (χ0n) is 9.91. The van der Waals surface area contributed by atoms with Crippen LogP contribution in [0.5, 0.6) is 0 Å². The normalized spacial score (nSPS) is 34.2. The molecule has 94 valence electrons. The largest absolute Gasteiger partial charge is 0.313 e. The maximum atomic E-state index is 11.8. The van der Waals surface area contributed by atoms with Crippen LogP contribution in [0.3, 0.4) is 0 Å². The minimum atomic E-state index is -3.07. The minimum Gasteiger partial charge on any atom is -0.313 e. The van der Waals surface area contributed by atoms with E-state index in [2.05, 4.69) is 17.0 Å². The highest BCUT2D eigenvalue weighted by Gasteiger charge is 2.39. The van der Waals surface area contributed by atoms with E-state index in [1.807, 2.05) is 0 Å². The molecule has 16 heavy (non-hydrogen) atoms. The van der Waals surface area contributed by atoms with E-state index in [0.717, 1.165) is 38.6 Å². The van der Waals surface area contributed by atoms with E-state index in [1.165, 1.54) is 0 Å². The molecule has 3 atom stereocenters. The van der Waals surface area contributed by atoms with E-state index in [0.29, 0.717) is 5.92 Å². The monoisotopic (exact) mass is 246 g/mol. The first-order valence-electron chi connectivity index (χ1n) is 6.34. The number of sulfonamides is 1. The van der Waals surface area contributed by atoms with Gasteiger partial charge in [-0.05, 0) is 38.1 Å². The van der Waals surface area contributed by atoms with Crippen LogP contribution in [0.25, 0.3) is 0 Å². The maximum absolute atomic E-state index is 11.8. The fourth-order valence-corrected chi connectivity index (χ4v) is 4.18. The van der Waals surface area contributed by atoms with Gasteiger partial charge in [0.1, 0.15) is 0 Å². The molecule has 0 amide bonds. The molecule has 4 nitrogen and oxygen atoms in total. The van der Waals surface area contributed by atoms with Crippen LogP contribution in [-0.2, 0) is 10.0 Å². The van der Waals surface area contributed by atoms with E-state index in [-0.39, 0.29) is 17.8 Å². The molecule has 0 radical (unpaired) electrons. The number of nitrogens with one attached hydrogen (secondary N) is 2. The lowest BCUT2D eigenvalue weighted by Crippen LogP contribution is -2.37. The molecular weight excluding hydrogens is 224 g/mol. The third-order valence-corrected chi connectivity index (χ3v) is 5.00. The van der Waals surface area contributed by atoms with Crippen LogP contribution in [0.4, 0.5) is 0 Å². The molecule has 2 rings (SSSR count). The van der Waals surface area contributed by atoms with Gasteiger partial charge in [-0.15, -0.1) is 0 Å². The Labute approximate surface area is 98.2 Å². The quantitative estimate of drug-likeness (QED) is 0.730. The molecule has 2 fully saturated rings. The Morgan fingerprint density at radius 3 is 2.88 bits per heavy atom. The molecule has 1 saturated heterocycles. The molecular formula is C11H22N2O2S. The van der Waals surface area contributed by atoms with Gasteiger partial charge in [0.05, 0.1) is 5.75 Å². The van der Waals surface area contributed by atoms with Gasteiger partial charge in [-0.25, -0.2) is 13.1 Å². The Bertz CT molecular complexity index is 323. The summed E-state index contributed by atoms with van der Waals surface area (Å²) in [6.07, 6.45) is 5.42. The summed E-state index contributed by atoms with van der Waals surface area (Å²) >= 11 is 0. The summed E-state index contributed by atoms with van der Waals surface area (Å²) in [6, 6.07) is 0.396. The van der Waals surface area contributed by atoms with Crippen molar-refractivity contribution < 1.29 is 8.42 Å². The molecule has 0 aromatic rings. The Balaban J connectivity index is 1.75. The second-order valence-corrected chi connectivity index (χ2v) is 6.88. The first-order chi connectivity index (χ1) is 7.61. The van der Waals surface area contributed by atoms with Gasteiger partial charge in [0.15, 0.2) is 0 Å². The van der Waals surface area contributed by atoms with Gasteiger partial charge in [0, 0.05) is 12.1 Å². The summed E-state index contributed by atoms with van der Waals surface area (Å²) in [4.78, 5) is 0. The van der Waals surface area contributed by atoms with E-state index in [1.54, 1.807) is 0 Å². The van der Waals surface area contributed by atoms with E-state index in [9.17, 15) is 8.42 Å². The standard InChI is InChI=1S/C11H22N2O2S/c1-2-4-9-7-11(9)13-16(14,15)8-10-5-3-6-12-10/h9-13H,2-8H2,1H3. The van der Waals surface area contributed by atoms with E-state index in [4.69, 9.17) is 0 Å².